The first kappa shape index (κ1) is 15.2. The monoisotopic (exact) mass is 355 g/mol. The number of hydrogen-bond donors (Lipinski definition) is 0. The van der Waals surface area contributed by atoms with Crippen LogP contribution in [-0.4, -0.2) is 18.1 Å². The van der Waals surface area contributed by atoms with Gasteiger partial charge < -0.3 is 9.47 Å². The maximum absolute atomic E-state index is 13.4. The van der Waals surface area contributed by atoms with Crippen molar-refractivity contribution in [3.8, 4) is 11.5 Å². The van der Waals surface area contributed by atoms with Crippen molar-refractivity contribution in [2.75, 3.05) is 13.2 Å². The van der Waals surface area contributed by atoms with Crippen LogP contribution in [0.5, 0.6) is 11.5 Å². The SMILES string of the molecule is O=[N+]([O-])c1ccc(OCCOc2cccc(Br)c2)cc1F. The lowest BCUT2D eigenvalue weighted by molar-refractivity contribution is -0.387. The number of benzene rings is 2. The highest BCUT2D eigenvalue weighted by Crippen LogP contribution is 2.22. The van der Waals surface area contributed by atoms with E-state index < -0.39 is 16.4 Å². The molecule has 0 spiro atoms. The van der Waals surface area contributed by atoms with Gasteiger partial charge in [0, 0.05) is 16.6 Å². The highest BCUT2D eigenvalue weighted by Gasteiger charge is 2.14. The first-order chi connectivity index (χ1) is 10.1. The summed E-state index contributed by atoms with van der Waals surface area (Å²) in [5.41, 5.74) is -0.576. The summed E-state index contributed by atoms with van der Waals surface area (Å²) in [4.78, 5) is 9.70. The normalized spacial score (nSPS) is 10.2. The molecule has 110 valence electrons. The van der Waals surface area contributed by atoms with Crippen molar-refractivity contribution in [3.63, 3.8) is 0 Å². The van der Waals surface area contributed by atoms with Crippen LogP contribution in [0.2, 0.25) is 0 Å². The highest BCUT2D eigenvalue weighted by molar-refractivity contribution is 9.10. The van der Waals surface area contributed by atoms with Gasteiger partial charge in [0.15, 0.2) is 0 Å². The van der Waals surface area contributed by atoms with Crippen LogP contribution in [0.25, 0.3) is 0 Å². The number of ether oxygens (including phenoxy) is 2. The molecule has 2 aromatic rings. The van der Waals surface area contributed by atoms with E-state index in [2.05, 4.69) is 15.9 Å². The van der Waals surface area contributed by atoms with E-state index in [-0.39, 0.29) is 19.0 Å². The Kier molecular flexibility index (Phi) is 5.10. The van der Waals surface area contributed by atoms with E-state index in [1.165, 1.54) is 6.07 Å². The van der Waals surface area contributed by atoms with E-state index >= 15 is 0 Å². The van der Waals surface area contributed by atoms with Gasteiger partial charge in [-0.15, -0.1) is 0 Å². The van der Waals surface area contributed by atoms with Crippen LogP contribution >= 0.6 is 15.9 Å². The number of halogens is 2. The van der Waals surface area contributed by atoms with Gasteiger partial charge >= 0.3 is 5.69 Å². The molecular formula is C14H11BrFNO4. The summed E-state index contributed by atoms with van der Waals surface area (Å²) in [5.74, 6) is -0.0239. The molecule has 0 aliphatic heterocycles. The molecule has 0 aliphatic carbocycles. The maximum atomic E-state index is 13.4. The van der Waals surface area contributed by atoms with Crippen LogP contribution in [0.1, 0.15) is 0 Å². The Morgan fingerprint density at radius 1 is 1.10 bits per heavy atom. The van der Waals surface area contributed by atoms with Crippen molar-refractivity contribution in [1.29, 1.82) is 0 Å². The van der Waals surface area contributed by atoms with E-state index in [9.17, 15) is 14.5 Å². The van der Waals surface area contributed by atoms with Gasteiger partial charge in [-0.2, -0.15) is 4.39 Å². The minimum atomic E-state index is -0.926. The lowest BCUT2D eigenvalue weighted by Gasteiger charge is -2.08. The fraction of sp³-hybridized carbons (Fsp3) is 0.143. The van der Waals surface area contributed by atoms with Crippen molar-refractivity contribution in [3.05, 3.63) is 62.9 Å². The first-order valence-electron chi connectivity index (χ1n) is 6.01. The number of nitro benzene ring substituents is 1. The van der Waals surface area contributed by atoms with Crippen molar-refractivity contribution >= 4 is 21.6 Å². The predicted octanol–water partition coefficient (Wildman–Crippen LogP) is 3.95. The van der Waals surface area contributed by atoms with Crippen LogP contribution in [-0.2, 0) is 0 Å². The maximum Gasteiger partial charge on any atom is 0.305 e. The van der Waals surface area contributed by atoms with Gasteiger partial charge in [-0.05, 0) is 24.3 Å². The van der Waals surface area contributed by atoms with E-state index in [1.54, 1.807) is 6.07 Å². The van der Waals surface area contributed by atoms with Crippen LogP contribution in [0.4, 0.5) is 10.1 Å². The predicted molar refractivity (Wildman–Crippen MR) is 78.2 cm³/mol. The molecule has 0 saturated heterocycles. The lowest BCUT2D eigenvalue weighted by atomic mass is 10.3. The molecule has 0 amide bonds. The molecule has 0 bridgehead atoms. The van der Waals surface area contributed by atoms with E-state index in [1.807, 2.05) is 18.2 Å². The quantitative estimate of drug-likeness (QED) is 0.447. The standard InChI is InChI=1S/C14H11BrFNO4/c15-10-2-1-3-11(8-10)20-6-7-21-12-4-5-14(17(18)19)13(16)9-12/h1-5,8-9H,6-7H2. The number of hydrogen-bond acceptors (Lipinski definition) is 4. The molecule has 21 heavy (non-hydrogen) atoms. The number of nitrogens with zero attached hydrogens (tertiary/aromatic N) is 1. The van der Waals surface area contributed by atoms with Crippen LogP contribution in [0, 0.1) is 15.9 Å². The Hall–Kier alpha value is -2.15. The van der Waals surface area contributed by atoms with E-state index in [0.717, 1.165) is 16.6 Å². The summed E-state index contributed by atoms with van der Waals surface area (Å²) in [6.07, 6.45) is 0. The third-order valence-electron chi connectivity index (χ3n) is 2.53. The largest absolute Gasteiger partial charge is 0.490 e. The molecular weight excluding hydrogens is 345 g/mol. The zero-order chi connectivity index (χ0) is 15.2. The summed E-state index contributed by atoms with van der Waals surface area (Å²) < 4.78 is 25.0. The smallest absolute Gasteiger partial charge is 0.305 e. The van der Waals surface area contributed by atoms with Crippen molar-refractivity contribution in [1.82, 2.24) is 0 Å². The van der Waals surface area contributed by atoms with Gasteiger partial charge in [0.25, 0.3) is 0 Å². The molecule has 0 radical (unpaired) electrons. The Balaban J connectivity index is 1.84. The molecule has 5 nitrogen and oxygen atoms in total. The second-order valence-corrected chi connectivity index (χ2v) is 4.94. The zero-order valence-electron chi connectivity index (χ0n) is 10.8. The van der Waals surface area contributed by atoms with Gasteiger partial charge in [0.05, 0.1) is 4.92 Å². The minimum absolute atomic E-state index is 0.198. The Bertz CT molecular complexity index is 651. The summed E-state index contributed by atoms with van der Waals surface area (Å²) in [5, 5.41) is 10.5. The van der Waals surface area contributed by atoms with Gasteiger partial charge in [0.1, 0.15) is 24.7 Å². The lowest BCUT2D eigenvalue weighted by Crippen LogP contribution is -2.09. The molecule has 2 rings (SSSR count). The molecule has 2 aromatic carbocycles. The van der Waals surface area contributed by atoms with Crippen LogP contribution < -0.4 is 9.47 Å². The van der Waals surface area contributed by atoms with Crippen LogP contribution in [0.3, 0.4) is 0 Å². The Morgan fingerprint density at radius 3 is 2.33 bits per heavy atom. The molecule has 0 aromatic heterocycles. The van der Waals surface area contributed by atoms with E-state index in [4.69, 9.17) is 9.47 Å². The molecule has 0 N–H and O–H groups in total. The first-order valence-corrected chi connectivity index (χ1v) is 6.80. The fourth-order valence-corrected chi connectivity index (χ4v) is 1.98. The average Bonchev–Trinajstić information content (AvgIpc) is 2.43. The Morgan fingerprint density at radius 2 is 1.76 bits per heavy atom. The zero-order valence-corrected chi connectivity index (χ0v) is 12.4. The van der Waals surface area contributed by atoms with Gasteiger partial charge in [-0.3, -0.25) is 10.1 Å². The number of nitro groups is 1. The second kappa shape index (κ2) is 7.03. The molecule has 0 saturated carbocycles. The third kappa shape index (κ3) is 4.42. The highest BCUT2D eigenvalue weighted by atomic mass is 79.9. The Labute approximate surface area is 128 Å². The summed E-state index contributed by atoms with van der Waals surface area (Å²) in [6, 6.07) is 10.7. The molecule has 0 unspecified atom stereocenters. The molecule has 0 heterocycles. The van der Waals surface area contributed by atoms with Crippen molar-refractivity contribution < 1.29 is 18.8 Å². The molecule has 0 atom stereocenters. The fourth-order valence-electron chi connectivity index (χ4n) is 1.60. The number of rotatable bonds is 6. The van der Waals surface area contributed by atoms with Crippen LogP contribution in [0.15, 0.2) is 46.9 Å². The minimum Gasteiger partial charge on any atom is -0.490 e. The molecule has 7 heteroatoms. The van der Waals surface area contributed by atoms with E-state index in [0.29, 0.717) is 5.75 Å². The molecule has 0 fully saturated rings. The van der Waals surface area contributed by atoms with Crippen molar-refractivity contribution in [2.24, 2.45) is 0 Å². The average molecular weight is 356 g/mol. The third-order valence-corrected chi connectivity index (χ3v) is 3.03. The van der Waals surface area contributed by atoms with Gasteiger partial charge in [-0.25, -0.2) is 0 Å². The second-order valence-electron chi connectivity index (χ2n) is 4.02. The topological polar surface area (TPSA) is 61.6 Å². The van der Waals surface area contributed by atoms with Gasteiger partial charge in [-0.1, -0.05) is 22.0 Å². The van der Waals surface area contributed by atoms with Crippen molar-refractivity contribution in [2.45, 2.75) is 0 Å². The summed E-state index contributed by atoms with van der Waals surface area (Å²) in [6.45, 7) is 0.471. The van der Waals surface area contributed by atoms with Gasteiger partial charge in [0.2, 0.25) is 5.82 Å². The summed E-state index contributed by atoms with van der Waals surface area (Å²) >= 11 is 3.33. The molecule has 0 aliphatic rings. The summed E-state index contributed by atoms with van der Waals surface area (Å²) in [7, 11) is 0.